The number of aryl methyl sites for hydroxylation is 1. The van der Waals surface area contributed by atoms with Gasteiger partial charge in [0, 0.05) is 54.0 Å². The molecule has 8 nitrogen and oxygen atoms in total. The highest BCUT2D eigenvalue weighted by Crippen LogP contribution is 2.36. The zero-order chi connectivity index (χ0) is 23.7. The fraction of sp³-hybridized carbons (Fsp3) is 0.360. The van der Waals surface area contributed by atoms with Crippen molar-refractivity contribution >= 4 is 28.3 Å². The fourth-order valence-corrected chi connectivity index (χ4v) is 4.66. The lowest BCUT2D eigenvalue weighted by atomic mass is 9.93. The third kappa shape index (κ3) is 4.50. The molecule has 1 saturated carbocycles. The van der Waals surface area contributed by atoms with Crippen molar-refractivity contribution in [2.75, 3.05) is 11.9 Å². The van der Waals surface area contributed by atoms with Gasteiger partial charge in [0.25, 0.3) is 5.56 Å². The molecule has 1 aliphatic carbocycles. The molecule has 1 N–H and O–H groups in total. The minimum Gasteiger partial charge on any atom is -0.473 e. The number of anilines is 1. The molecule has 0 spiro atoms. The number of halogens is 1. The number of aromatic nitrogens is 5. The second-order valence-electron chi connectivity index (χ2n) is 8.60. The summed E-state index contributed by atoms with van der Waals surface area (Å²) in [6.07, 6.45) is 5.62. The Morgan fingerprint density at radius 2 is 1.85 bits per heavy atom. The zero-order valence-corrected chi connectivity index (χ0v) is 20.0. The normalized spacial score (nSPS) is 18.2. The summed E-state index contributed by atoms with van der Waals surface area (Å²) >= 11 is 6.11. The van der Waals surface area contributed by atoms with Gasteiger partial charge in [-0.05, 0) is 44.7 Å². The molecule has 0 radical (unpaired) electrons. The van der Waals surface area contributed by atoms with Gasteiger partial charge in [-0.3, -0.25) is 9.48 Å². The topological polar surface area (TPSA) is 86.9 Å². The van der Waals surface area contributed by atoms with E-state index < -0.39 is 0 Å². The number of hydrogen-bond acceptors (Lipinski definition) is 6. The molecule has 9 heteroatoms. The van der Waals surface area contributed by atoms with E-state index in [1.54, 1.807) is 13.1 Å². The van der Waals surface area contributed by atoms with E-state index in [1.165, 1.54) is 10.7 Å². The first-order valence-electron chi connectivity index (χ1n) is 11.6. The summed E-state index contributed by atoms with van der Waals surface area (Å²) in [5.74, 6) is 1.33. The Bertz CT molecular complexity index is 1360. The Morgan fingerprint density at radius 3 is 2.56 bits per heavy atom. The maximum atomic E-state index is 11.6. The third-order valence-corrected chi connectivity index (χ3v) is 6.53. The quantitative estimate of drug-likeness (QED) is 0.426. The summed E-state index contributed by atoms with van der Waals surface area (Å²) < 4.78 is 9.52. The van der Waals surface area contributed by atoms with Gasteiger partial charge in [-0.15, -0.1) is 5.10 Å². The second kappa shape index (κ2) is 9.46. The van der Waals surface area contributed by atoms with Crippen LogP contribution in [0.15, 0.2) is 53.5 Å². The van der Waals surface area contributed by atoms with Crippen molar-refractivity contribution in [3.63, 3.8) is 0 Å². The van der Waals surface area contributed by atoms with Gasteiger partial charge in [0.2, 0.25) is 5.88 Å². The standard InChI is InChI=1S/C25H27ClN6O2/c1-3-27-22-14-21-20(15-28-22)25(16-4-6-17(26)7-5-16)30-32(21)18-8-10-19(11-9-18)34-23-12-13-24(33)31(2)29-23/h4-7,12-15,18-19H,3,8-11H2,1-2H3,(H,27,28). The molecular weight excluding hydrogens is 452 g/mol. The number of rotatable bonds is 6. The molecule has 1 fully saturated rings. The molecule has 0 bridgehead atoms. The van der Waals surface area contributed by atoms with Crippen LogP contribution in [0.1, 0.15) is 38.6 Å². The molecule has 0 atom stereocenters. The van der Waals surface area contributed by atoms with E-state index in [0.29, 0.717) is 10.9 Å². The number of pyridine rings is 1. The van der Waals surface area contributed by atoms with Gasteiger partial charge in [0.15, 0.2) is 0 Å². The Hall–Kier alpha value is -3.39. The first-order chi connectivity index (χ1) is 16.5. The summed E-state index contributed by atoms with van der Waals surface area (Å²) in [6, 6.07) is 13.2. The molecule has 1 aliphatic rings. The molecule has 5 rings (SSSR count). The predicted molar refractivity (Wildman–Crippen MR) is 134 cm³/mol. The van der Waals surface area contributed by atoms with Crippen LogP contribution < -0.4 is 15.6 Å². The smallest absolute Gasteiger partial charge is 0.266 e. The van der Waals surface area contributed by atoms with Gasteiger partial charge in [-0.25, -0.2) is 9.67 Å². The number of hydrogen-bond donors (Lipinski definition) is 1. The van der Waals surface area contributed by atoms with Crippen molar-refractivity contribution in [1.82, 2.24) is 24.5 Å². The van der Waals surface area contributed by atoms with Crippen LogP contribution in [0, 0.1) is 0 Å². The minimum atomic E-state index is -0.149. The van der Waals surface area contributed by atoms with Crippen LogP contribution in [0.25, 0.3) is 22.2 Å². The van der Waals surface area contributed by atoms with Crippen LogP contribution in [0.3, 0.4) is 0 Å². The van der Waals surface area contributed by atoms with E-state index in [9.17, 15) is 4.79 Å². The first-order valence-corrected chi connectivity index (χ1v) is 12.0. The number of nitrogens with zero attached hydrogens (tertiary/aromatic N) is 5. The van der Waals surface area contributed by atoms with Crippen molar-refractivity contribution < 1.29 is 4.74 Å². The summed E-state index contributed by atoms with van der Waals surface area (Å²) in [4.78, 5) is 16.2. The number of fused-ring (bicyclic) bond motifs is 1. The molecule has 4 aromatic rings. The monoisotopic (exact) mass is 478 g/mol. The third-order valence-electron chi connectivity index (χ3n) is 6.28. The molecular formula is C25H27ClN6O2. The Balaban J connectivity index is 1.41. The Morgan fingerprint density at radius 1 is 1.09 bits per heavy atom. The molecule has 176 valence electrons. The van der Waals surface area contributed by atoms with Crippen LogP contribution in [0.5, 0.6) is 5.88 Å². The lowest BCUT2D eigenvalue weighted by Gasteiger charge is -2.29. The highest BCUT2D eigenvalue weighted by atomic mass is 35.5. The molecule has 3 heterocycles. The molecule has 0 saturated heterocycles. The lowest BCUT2D eigenvalue weighted by molar-refractivity contribution is 0.123. The van der Waals surface area contributed by atoms with Crippen molar-refractivity contribution in [3.05, 3.63) is 64.0 Å². The van der Waals surface area contributed by atoms with Crippen molar-refractivity contribution in [2.24, 2.45) is 7.05 Å². The highest BCUT2D eigenvalue weighted by molar-refractivity contribution is 6.30. The van der Waals surface area contributed by atoms with E-state index in [2.05, 4.69) is 33.1 Å². The Labute approximate surface area is 202 Å². The Kier molecular flexibility index (Phi) is 6.24. The van der Waals surface area contributed by atoms with E-state index in [0.717, 1.165) is 60.2 Å². The van der Waals surface area contributed by atoms with E-state index in [-0.39, 0.29) is 17.7 Å². The van der Waals surface area contributed by atoms with Crippen LogP contribution in [-0.2, 0) is 7.05 Å². The maximum absolute atomic E-state index is 11.6. The summed E-state index contributed by atoms with van der Waals surface area (Å²) in [7, 11) is 1.63. The highest BCUT2D eigenvalue weighted by Gasteiger charge is 2.27. The van der Waals surface area contributed by atoms with Gasteiger partial charge < -0.3 is 10.1 Å². The van der Waals surface area contributed by atoms with Gasteiger partial charge >= 0.3 is 0 Å². The molecule has 0 amide bonds. The summed E-state index contributed by atoms with van der Waals surface area (Å²) in [5, 5.41) is 14.3. The van der Waals surface area contributed by atoms with Crippen LogP contribution in [0.4, 0.5) is 5.82 Å². The SMILES string of the molecule is CCNc1cc2c(cn1)c(-c1ccc(Cl)cc1)nn2C1CCC(Oc2ccc(=O)n(C)n2)CC1. The number of benzene rings is 1. The first kappa shape index (κ1) is 22.4. The van der Waals surface area contributed by atoms with E-state index in [4.69, 9.17) is 21.4 Å². The van der Waals surface area contributed by atoms with E-state index in [1.807, 2.05) is 30.5 Å². The molecule has 34 heavy (non-hydrogen) atoms. The minimum absolute atomic E-state index is 0.0674. The lowest BCUT2D eigenvalue weighted by Crippen LogP contribution is -2.27. The van der Waals surface area contributed by atoms with Crippen molar-refractivity contribution in [3.8, 4) is 17.1 Å². The zero-order valence-electron chi connectivity index (χ0n) is 19.2. The average molecular weight is 479 g/mol. The fourth-order valence-electron chi connectivity index (χ4n) is 4.53. The van der Waals surface area contributed by atoms with Gasteiger partial charge in [0.05, 0.1) is 11.6 Å². The number of ether oxygens (including phenoxy) is 1. The summed E-state index contributed by atoms with van der Waals surface area (Å²) in [5.41, 5.74) is 2.85. The largest absolute Gasteiger partial charge is 0.473 e. The van der Waals surface area contributed by atoms with Gasteiger partial charge in [-0.2, -0.15) is 5.10 Å². The van der Waals surface area contributed by atoms with Crippen molar-refractivity contribution in [1.29, 1.82) is 0 Å². The average Bonchev–Trinajstić information content (AvgIpc) is 3.21. The van der Waals surface area contributed by atoms with Gasteiger partial charge in [0.1, 0.15) is 17.6 Å². The van der Waals surface area contributed by atoms with E-state index >= 15 is 0 Å². The van der Waals surface area contributed by atoms with Gasteiger partial charge in [-0.1, -0.05) is 23.7 Å². The molecule has 0 aliphatic heterocycles. The molecule has 0 unspecified atom stereocenters. The molecule has 1 aromatic carbocycles. The number of nitrogens with one attached hydrogen (secondary N) is 1. The maximum Gasteiger partial charge on any atom is 0.266 e. The van der Waals surface area contributed by atoms with Crippen LogP contribution in [0.2, 0.25) is 5.02 Å². The molecule has 3 aromatic heterocycles. The van der Waals surface area contributed by atoms with Crippen LogP contribution in [-0.4, -0.2) is 37.2 Å². The second-order valence-corrected chi connectivity index (χ2v) is 9.04. The van der Waals surface area contributed by atoms with Crippen LogP contribution >= 0.6 is 11.6 Å². The van der Waals surface area contributed by atoms with Crippen molar-refractivity contribution in [2.45, 2.75) is 44.8 Å². The predicted octanol–water partition coefficient (Wildman–Crippen LogP) is 4.84. The summed E-state index contributed by atoms with van der Waals surface area (Å²) in [6.45, 7) is 2.86.